The van der Waals surface area contributed by atoms with Gasteiger partial charge in [0.2, 0.25) is 11.8 Å². The van der Waals surface area contributed by atoms with Gasteiger partial charge in [-0.25, -0.2) is 28.5 Å². The van der Waals surface area contributed by atoms with Crippen LogP contribution in [0.4, 0.5) is 38.4 Å². The first-order valence-corrected chi connectivity index (χ1v) is 12.9. The van der Waals surface area contributed by atoms with E-state index >= 15 is 0 Å². The minimum absolute atomic E-state index is 0.0227. The summed E-state index contributed by atoms with van der Waals surface area (Å²) < 4.78 is 73.5. The summed E-state index contributed by atoms with van der Waals surface area (Å²) in [5, 5.41) is 13.3. The first-order chi connectivity index (χ1) is 19.4. The fourth-order valence-corrected chi connectivity index (χ4v) is 4.84. The first kappa shape index (κ1) is 29.9. The van der Waals surface area contributed by atoms with Crippen LogP contribution in [-0.2, 0) is 12.6 Å². The van der Waals surface area contributed by atoms with Crippen LogP contribution in [0.2, 0.25) is 0 Å². The molecule has 0 bridgehead atoms. The van der Waals surface area contributed by atoms with Crippen LogP contribution in [0, 0.1) is 18.6 Å². The molecule has 0 aliphatic carbocycles. The third kappa shape index (κ3) is 6.81. The first-order valence-electron chi connectivity index (χ1n) is 12.9. The van der Waals surface area contributed by atoms with Crippen LogP contribution < -0.4 is 15.8 Å². The van der Waals surface area contributed by atoms with Crippen molar-refractivity contribution in [1.82, 2.24) is 19.9 Å². The second-order valence-electron chi connectivity index (χ2n) is 9.59. The molecule has 0 radical (unpaired) electrons. The number of pyridine rings is 1. The van der Waals surface area contributed by atoms with Gasteiger partial charge >= 0.3 is 12.2 Å². The molecule has 2 aromatic heterocycles. The van der Waals surface area contributed by atoms with E-state index in [-0.39, 0.29) is 42.8 Å². The number of nitrogens with two attached hydrogens (primary N) is 1. The molecule has 3 heterocycles. The van der Waals surface area contributed by atoms with E-state index in [1.54, 1.807) is 13.8 Å². The maximum absolute atomic E-state index is 13.9. The van der Waals surface area contributed by atoms with E-state index in [2.05, 4.69) is 20.3 Å². The van der Waals surface area contributed by atoms with Gasteiger partial charge < -0.3 is 25.8 Å². The molecule has 9 nitrogen and oxygen atoms in total. The highest BCUT2D eigenvalue weighted by atomic mass is 19.4. The molecule has 4 rings (SSSR count). The average Bonchev–Trinajstić information content (AvgIpc) is 2.92. The van der Waals surface area contributed by atoms with Crippen LogP contribution in [0.15, 0.2) is 30.3 Å². The van der Waals surface area contributed by atoms with Crippen molar-refractivity contribution in [2.24, 2.45) is 0 Å². The number of aliphatic hydroxyl groups excluding tert-OH is 1. The van der Waals surface area contributed by atoms with Gasteiger partial charge in [0.05, 0.1) is 5.69 Å². The largest absolute Gasteiger partial charge is 0.475 e. The quantitative estimate of drug-likeness (QED) is 0.330. The molecule has 3 aromatic rings. The Kier molecular flexibility index (Phi) is 8.90. The molecule has 1 aliphatic heterocycles. The molecule has 220 valence electrons. The topological polar surface area (TPSA) is 126 Å². The third-order valence-corrected chi connectivity index (χ3v) is 6.87. The van der Waals surface area contributed by atoms with E-state index in [9.17, 15) is 31.9 Å². The number of urea groups is 1. The van der Waals surface area contributed by atoms with Crippen molar-refractivity contribution in [3.8, 4) is 5.88 Å². The number of alkyl halides is 3. The minimum atomic E-state index is -4.66. The summed E-state index contributed by atoms with van der Waals surface area (Å²) in [6.07, 6.45) is -5.07. The number of carbonyl (C=O) groups is 1. The highest BCUT2D eigenvalue weighted by Crippen LogP contribution is 2.35. The Morgan fingerprint density at radius 1 is 1.15 bits per heavy atom. The smallest absolute Gasteiger partial charge is 0.433 e. The van der Waals surface area contributed by atoms with Gasteiger partial charge in [0, 0.05) is 36.3 Å². The van der Waals surface area contributed by atoms with E-state index < -0.39 is 47.9 Å². The Morgan fingerprint density at radius 2 is 1.80 bits per heavy atom. The van der Waals surface area contributed by atoms with Crippen molar-refractivity contribution >= 4 is 17.7 Å². The maximum Gasteiger partial charge on any atom is 0.433 e. The predicted octanol–water partition coefficient (Wildman–Crippen LogP) is 5.15. The van der Waals surface area contributed by atoms with Gasteiger partial charge in [-0.05, 0) is 43.9 Å². The van der Waals surface area contributed by atoms with Crippen molar-refractivity contribution in [1.29, 1.82) is 0 Å². The summed E-state index contributed by atoms with van der Waals surface area (Å²) in [6.45, 7) is 3.21. The molecule has 4 N–H and O–H groups in total. The van der Waals surface area contributed by atoms with Gasteiger partial charge in [0.25, 0.3) is 0 Å². The van der Waals surface area contributed by atoms with Crippen LogP contribution in [0.25, 0.3) is 0 Å². The molecule has 1 aliphatic rings. The lowest BCUT2D eigenvalue weighted by molar-refractivity contribution is -0.142. The zero-order valence-electron chi connectivity index (χ0n) is 22.3. The third-order valence-electron chi connectivity index (χ3n) is 6.87. The second-order valence-corrected chi connectivity index (χ2v) is 9.59. The number of likely N-dealkylation sites (tertiary alicyclic amines) is 1. The predicted molar refractivity (Wildman–Crippen MR) is 139 cm³/mol. The lowest BCUT2D eigenvalue weighted by atomic mass is 9.88. The number of amides is 2. The molecule has 14 heteroatoms. The maximum atomic E-state index is 13.9. The molecule has 2 amide bonds. The van der Waals surface area contributed by atoms with Crippen molar-refractivity contribution in [2.75, 3.05) is 30.7 Å². The number of rotatable bonds is 7. The summed E-state index contributed by atoms with van der Waals surface area (Å²) in [4.78, 5) is 26.1. The van der Waals surface area contributed by atoms with E-state index in [1.165, 1.54) is 23.1 Å². The normalized spacial score (nSPS) is 15.1. The van der Waals surface area contributed by atoms with Crippen LogP contribution >= 0.6 is 0 Å². The highest BCUT2D eigenvalue weighted by Gasteiger charge is 2.36. The molecule has 1 fully saturated rings. The molecule has 1 aromatic carbocycles. The van der Waals surface area contributed by atoms with Crippen LogP contribution in [-0.4, -0.2) is 50.7 Å². The van der Waals surface area contributed by atoms with Gasteiger partial charge in [-0.2, -0.15) is 13.2 Å². The number of anilines is 2. The number of ether oxygens (including phenoxy) is 1. The molecule has 41 heavy (non-hydrogen) atoms. The Labute approximate surface area is 232 Å². The Bertz CT molecular complexity index is 1390. The molecule has 0 saturated carbocycles. The summed E-state index contributed by atoms with van der Waals surface area (Å²) in [7, 11) is 0. The second kappa shape index (κ2) is 12.2. The van der Waals surface area contributed by atoms with Crippen LogP contribution in [0.3, 0.4) is 0 Å². The fraction of sp³-hybridized carbons (Fsp3) is 0.407. The number of nitrogens with zero attached hydrogens (tertiary/aromatic N) is 4. The zero-order valence-corrected chi connectivity index (χ0v) is 22.3. The SMILES string of the molecule is CCc1ccc(OCC(O)c2c(C)nc(N)nc2C2CCN(C(=O)Nc3c(F)cccc3F)CC2)nc1C(F)(F)F. The number of nitrogen functional groups attached to an aromatic ring is 1. The van der Waals surface area contributed by atoms with E-state index in [0.717, 1.165) is 12.1 Å². The molecule has 1 atom stereocenters. The zero-order chi connectivity index (χ0) is 29.9. The summed E-state index contributed by atoms with van der Waals surface area (Å²) in [6, 6.07) is 5.19. The Balaban J connectivity index is 1.46. The van der Waals surface area contributed by atoms with Gasteiger partial charge in [0.15, 0.2) is 5.69 Å². The molecular formula is C27H29F5N6O3. The van der Waals surface area contributed by atoms with Crippen molar-refractivity contribution in [2.45, 2.75) is 51.3 Å². The monoisotopic (exact) mass is 580 g/mol. The van der Waals surface area contributed by atoms with Crippen molar-refractivity contribution in [3.63, 3.8) is 0 Å². The van der Waals surface area contributed by atoms with Gasteiger partial charge in [-0.3, -0.25) is 0 Å². The molecule has 1 unspecified atom stereocenters. The lowest BCUT2D eigenvalue weighted by Crippen LogP contribution is -2.41. The number of para-hydroxylation sites is 1. The number of aliphatic hydroxyl groups is 1. The number of halogens is 5. The molecule has 0 spiro atoms. The fourth-order valence-electron chi connectivity index (χ4n) is 4.84. The van der Waals surface area contributed by atoms with Crippen molar-refractivity contribution in [3.05, 3.63) is 70.2 Å². The summed E-state index contributed by atoms with van der Waals surface area (Å²) >= 11 is 0. The lowest BCUT2D eigenvalue weighted by Gasteiger charge is -2.33. The number of aryl methyl sites for hydroxylation is 2. The van der Waals surface area contributed by atoms with Gasteiger partial charge in [-0.1, -0.05) is 19.1 Å². The number of nitrogens with one attached hydrogen (secondary N) is 1. The summed E-state index contributed by atoms with van der Waals surface area (Å²) in [5.41, 5.74) is 5.42. The molecule has 1 saturated heterocycles. The number of hydrogen-bond donors (Lipinski definition) is 3. The average molecular weight is 581 g/mol. The number of carbonyl (C=O) groups excluding carboxylic acids is 1. The number of hydrogen-bond acceptors (Lipinski definition) is 7. The minimum Gasteiger partial charge on any atom is -0.475 e. The van der Waals surface area contributed by atoms with E-state index in [1.807, 2.05) is 0 Å². The number of aromatic nitrogens is 3. The number of piperidine rings is 1. The van der Waals surface area contributed by atoms with E-state index in [4.69, 9.17) is 10.5 Å². The Morgan fingerprint density at radius 3 is 2.41 bits per heavy atom. The van der Waals surface area contributed by atoms with Crippen LogP contribution in [0.5, 0.6) is 5.88 Å². The van der Waals surface area contributed by atoms with E-state index in [0.29, 0.717) is 29.8 Å². The Hall–Kier alpha value is -4.07. The highest BCUT2D eigenvalue weighted by molar-refractivity contribution is 5.89. The van der Waals surface area contributed by atoms with Gasteiger partial charge in [0.1, 0.15) is 30.0 Å². The summed E-state index contributed by atoms with van der Waals surface area (Å²) in [5.74, 6) is -2.39. The van der Waals surface area contributed by atoms with Gasteiger partial charge in [-0.15, -0.1) is 0 Å². The number of benzene rings is 1. The van der Waals surface area contributed by atoms with Crippen molar-refractivity contribution < 1.29 is 36.6 Å². The standard InChI is InChI=1S/C27H29F5N6O3/c1-3-15-7-8-20(35-24(15)27(30,31)32)41-13-19(39)21-14(2)34-25(33)36-22(21)16-9-11-38(12-10-16)26(40)37-23-17(28)5-4-6-18(23)29/h4-8,16,19,39H,3,9-13H2,1-2H3,(H,37,40)(H2,33,34,36). The van der Waals surface area contributed by atoms with Crippen LogP contribution in [0.1, 0.15) is 60.0 Å². The molecular weight excluding hydrogens is 551 g/mol.